The number of cyclic esters (lactones) is 1. The van der Waals surface area contributed by atoms with Gasteiger partial charge in [-0.2, -0.15) is 0 Å². The van der Waals surface area contributed by atoms with Crippen molar-refractivity contribution in [2.24, 2.45) is 5.92 Å². The Hall–Kier alpha value is -4.52. The number of carbonyl (C=O) groups excluding carboxylic acids is 4. The normalized spacial score (nSPS) is 18.7. The van der Waals surface area contributed by atoms with Crippen LogP contribution >= 0.6 is 0 Å². The molecule has 0 radical (unpaired) electrons. The standard InChI is InChI=1S/C38H49N3O9Si/c1-11-38(49-30(43)13-12-16-39-36(46)50-37(6,7)8)27-19-29-32-25(17-24-18-26(47-23(5)42)14-15-28(24)40-32)20-41(29)33(44)31(27)34(48-35(38)45)51(9,10)22(4)21(2)3/h14-15,17-19,21-22,34H,11-13,16,20H2,1-10H3,(H,39,46). The lowest BCUT2D eigenvalue weighted by atomic mass is 9.85. The van der Waals surface area contributed by atoms with Gasteiger partial charge in [0.2, 0.25) is 5.60 Å². The summed E-state index contributed by atoms with van der Waals surface area (Å²) in [6.45, 7) is 19.4. The molecule has 3 unspecified atom stereocenters. The molecule has 3 atom stereocenters. The van der Waals surface area contributed by atoms with E-state index in [1.54, 1.807) is 56.5 Å². The van der Waals surface area contributed by atoms with Crippen molar-refractivity contribution in [2.45, 2.75) is 117 Å². The number of esters is 3. The first-order chi connectivity index (χ1) is 23.8. The van der Waals surface area contributed by atoms with Gasteiger partial charge in [-0.3, -0.25) is 14.4 Å². The van der Waals surface area contributed by atoms with Crippen LogP contribution in [0.3, 0.4) is 0 Å². The third-order valence-electron chi connectivity index (χ3n) is 10.1. The molecule has 274 valence electrons. The van der Waals surface area contributed by atoms with E-state index in [0.717, 1.165) is 10.9 Å². The molecule has 0 aliphatic carbocycles. The Bertz CT molecular complexity index is 1960. The van der Waals surface area contributed by atoms with Crippen LogP contribution in [-0.4, -0.2) is 53.8 Å². The summed E-state index contributed by atoms with van der Waals surface area (Å²) in [5, 5.41) is 3.37. The van der Waals surface area contributed by atoms with E-state index in [9.17, 15) is 24.0 Å². The number of rotatable bonds is 10. The number of fused-ring (bicyclic) bond motifs is 5. The molecule has 51 heavy (non-hydrogen) atoms. The molecule has 1 aromatic carbocycles. The van der Waals surface area contributed by atoms with Gasteiger partial charge in [-0.25, -0.2) is 14.6 Å². The van der Waals surface area contributed by atoms with Crippen LogP contribution in [-0.2, 0) is 40.7 Å². The van der Waals surface area contributed by atoms with Crippen molar-refractivity contribution < 1.29 is 38.1 Å². The molecule has 2 aromatic heterocycles. The Morgan fingerprint density at radius 1 is 1.12 bits per heavy atom. The summed E-state index contributed by atoms with van der Waals surface area (Å²) in [6, 6.07) is 8.85. The maximum absolute atomic E-state index is 14.8. The van der Waals surface area contributed by atoms with Gasteiger partial charge < -0.3 is 28.8 Å². The van der Waals surface area contributed by atoms with Crippen LogP contribution in [0.5, 0.6) is 5.75 Å². The third-order valence-corrected chi connectivity index (χ3v) is 14.9. The third kappa shape index (κ3) is 7.31. The highest BCUT2D eigenvalue weighted by Crippen LogP contribution is 2.49. The van der Waals surface area contributed by atoms with E-state index in [1.165, 1.54) is 6.92 Å². The average Bonchev–Trinajstić information content (AvgIpc) is 3.39. The van der Waals surface area contributed by atoms with E-state index < -0.39 is 49.0 Å². The number of aromatic nitrogens is 2. The number of alkyl carbamates (subject to hydrolysis) is 1. The summed E-state index contributed by atoms with van der Waals surface area (Å²) in [5.74, 6) is -1.14. The molecule has 0 saturated carbocycles. The summed E-state index contributed by atoms with van der Waals surface area (Å²) in [6.07, 6.45) is -0.413. The first kappa shape index (κ1) is 37.7. The number of nitrogens with zero attached hydrogens (tertiary/aromatic N) is 2. The number of amides is 1. The molecule has 1 amide bonds. The molecule has 1 N–H and O–H groups in total. The van der Waals surface area contributed by atoms with Crippen LogP contribution in [0.2, 0.25) is 18.6 Å². The van der Waals surface area contributed by atoms with Gasteiger partial charge in [0, 0.05) is 36.4 Å². The molecule has 0 fully saturated rings. The zero-order chi connectivity index (χ0) is 37.6. The highest BCUT2D eigenvalue weighted by molar-refractivity contribution is 6.80. The number of pyridine rings is 2. The van der Waals surface area contributed by atoms with Gasteiger partial charge in [-0.05, 0) is 75.4 Å². The minimum Gasteiger partial charge on any atom is -0.458 e. The molecule has 0 bridgehead atoms. The number of ether oxygens (including phenoxy) is 4. The maximum atomic E-state index is 14.8. The van der Waals surface area contributed by atoms with Crippen molar-refractivity contribution in [1.82, 2.24) is 14.9 Å². The fourth-order valence-electron chi connectivity index (χ4n) is 7.02. The van der Waals surface area contributed by atoms with Crippen molar-refractivity contribution in [3.05, 3.63) is 57.4 Å². The van der Waals surface area contributed by atoms with Crippen molar-refractivity contribution in [3.8, 4) is 17.1 Å². The average molecular weight is 720 g/mol. The van der Waals surface area contributed by atoms with Gasteiger partial charge in [0.1, 0.15) is 25.2 Å². The molecule has 3 aromatic rings. The Labute approximate surface area is 299 Å². The lowest BCUT2D eigenvalue weighted by Crippen LogP contribution is -2.55. The van der Waals surface area contributed by atoms with Crippen molar-refractivity contribution in [3.63, 3.8) is 0 Å². The summed E-state index contributed by atoms with van der Waals surface area (Å²) in [4.78, 5) is 71.0. The highest BCUT2D eigenvalue weighted by Gasteiger charge is 2.57. The smallest absolute Gasteiger partial charge is 0.407 e. The van der Waals surface area contributed by atoms with Gasteiger partial charge in [-0.15, -0.1) is 0 Å². The van der Waals surface area contributed by atoms with Crippen LogP contribution < -0.4 is 15.6 Å². The van der Waals surface area contributed by atoms with Gasteiger partial charge in [0.25, 0.3) is 5.56 Å². The summed E-state index contributed by atoms with van der Waals surface area (Å²) in [7, 11) is -2.54. The Kier molecular flexibility index (Phi) is 10.3. The fourth-order valence-corrected chi connectivity index (χ4v) is 10.7. The molecular formula is C38H49N3O9Si. The maximum Gasteiger partial charge on any atom is 0.407 e. The van der Waals surface area contributed by atoms with Crippen LogP contribution in [0, 0.1) is 5.92 Å². The number of hydrogen-bond acceptors (Lipinski definition) is 10. The molecule has 0 spiro atoms. The van der Waals surface area contributed by atoms with E-state index in [0.29, 0.717) is 33.8 Å². The molecule has 4 heterocycles. The predicted molar refractivity (Wildman–Crippen MR) is 194 cm³/mol. The second-order valence-electron chi connectivity index (χ2n) is 15.5. The number of benzene rings is 1. The number of carbonyl (C=O) groups is 4. The van der Waals surface area contributed by atoms with Gasteiger partial charge >= 0.3 is 24.0 Å². The number of nitrogens with one attached hydrogen (secondary N) is 1. The molecular weight excluding hydrogens is 671 g/mol. The van der Waals surface area contributed by atoms with E-state index in [4.69, 9.17) is 23.9 Å². The summed E-state index contributed by atoms with van der Waals surface area (Å²) < 4.78 is 24.6. The van der Waals surface area contributed by atoms with E-state index >= 15 is 0 Å². The Balaban J connectivity index is 1.58. The topological polar surface area (TPSA) is 152 Å². The molecule has 12 nitrogen and oxygen atoms in total. The quantitative estimate of drug-likeness (QED) is 0.0617. The Morgan fingerprint density at radius 2 is 1.82 bits per heavy atom. The SMILES string of the molecule is CCC1(OC(=O)CCCNC(=O)OC(C)(C)C)C(=O)OC([Si](C)(C)C(C)C(C)C)c2c1cc1n(c2=O)Cc2cc3cc(OC(C)=O)ccc3nc2-1. The molecule has 13 heteroatoms. The molecule has 0 saturated heterocycles. The fraction of sp³-hybridized carbons (Fsp3) is 0.526. The van der Waals surface area contributed by atoms with E-state index in [2.05, 4.69) is 39.2 Å². The van der Waals surface area contributed by atoms with Gasteiger partial charge in [0.15, 0.2) is 0 Å². The zero-order valence-corrected chi connectivity index (χ0v) is 32.2. The lowest BCUT2D eigenvalue weighted by molar-refractivity contribution is -0.190. The van der Waals surface area contributed by atoms with Gasteiger partial charge in [-0.1, -0.05) is 40.8 Å². The highest BCUT2D eigenvalue weighted by atomic mass is 28.3. The monoisotopic (exact) mass is 719 g/mol. The zero-order valence-electron chi connectivity index (χ0n) is 31.2. The summed E-state index contributed by atoms with van der Waals surface area (Å²) in [5.41, 5.74) is -0.249. The lowest BCUT2D eigenvalue weighted by Gasteiger charge is -2.45. The minimum absolute atomic E-state index is 0.0367. The van der Waals surface area contributed by atoms with Crippen molar-refractivity contribution >= 4 is 43.0 Å². The van der Waals surface area contributed by atoms with E-state index in [1.807, 2.05) is 6.07 Å². The first-order valence-corrected chi connectivity index (χ1v) is 20.7. The predicted octanol–water partition coefficient (Wildman–Crippen LogP) is 6.70. The molecule has 2 aliphatic rings. The van der Waals surface area contributed by atoms with Gasteiger partial charge in [0.05, 0.1) is 29.0 Å². The van der Waals surface area contributed by atoms with Crippen molar-refractivity contribution in [2.75, 3.05) is 6.54 Å². The molecule has 2 aliphatic heterocycles. The summed E-state index contributed by atoms with van der Waals surface area (Å²) >= 11 is 0. The largest absolute Gasteiger partial charge is 0.458 e. The van der Waals surface area contributed by atoms with Crippen LogP contribution in [0.4, 0.5) is 4.79 Å². The molecule has 5 rings (SSSR count). The van der Waals surface area contributed by atoms with E-state index in [-0.39, 0.29) is 49.4 Å². The second kappa shape index (κ2) is 13.9. The van der Waals surface area contributed by atoms with Crippen LogP contribution in [0.15, 0.2) is 35.1 Å². The second-order valence-corrected chi connectivity index (χ2v) is 20.6. The minimum atomic E-state index is -2.54. The number of hydrogen-bond donors (Lipinski definition) is 1. The van der Waals surface area contributed by atoms with Crippen molar-refractivity contribution in [1.29, 1.82) is 0 Å². The first-order valence-electron chi connectivity index (χ1n) is 17.6. The van der Waals surface area contributed by atoms with Crippen LogP contribution in [0.25, 0.3) is 22.3 Å². The van der Waals surface area contributed by atoms with Crippen LogP contribution in [0.1, 0.15) is 97.1 Å². The Morgan fingerprint density at radius 3 is 2.45 bits per heavy atom.